The predicted molar refractivity (Wildman–Crippen MR) is 109 cm³/mol. The first-order chi connectivity index (χ1) is 13.5. The molecule has 28 heavy (non-hydrogen) atoms. The predicted octanol–water partition coefficient (Wildman–Crippen LogP) is 4.32. The van der Waals surface area contributed by atoms with Crippen molar-refractivity contribution in [3.05, 3.63) is 82.1 Å². The van der Waals surface area contributed by atoms with Crippen LogP contribution in [-0.2, 0) is 9.53 Å². The van der Waals surface area contributed by atoms with Crippen LogP contribution in [0.3, 0.4) is 0 Å². The number of benzene rings is 2. The molecular formula is C21H14BrN3O3. The van der Waals surface area contributed by atoms with Crippen molar-refractivity contribution in [1.29, 1.82) is 0 Å². The SMILES string of the molecule is CC(=O)n1cc(/C=C2\N=C(c3ccc(Br)cc3)OC2=O)c(-c2ccccc2)n1. The minimum Gasteiger partial charge on any atom is -0.402 e. The highest BCUT2D eigenvalue weighted by Crippen LogP contribution is 2.26. The molecule has 138 valence electrons. The molecule has 0 radical (unpaired) electrons. The topological polar surface area (TPSA) is 73.6 Å². The number of aromatic nitrogens is 2. The van der Waals surface area contributed by atoms with Crippen molar-refractivity contribution in [1.82, 2.24) is 9.78 Å². The van der Waals surface area contributed by atoms with Crippen molar-refractivity contribution in [2.75, 3.05) is 0 Å². The van der Waals surface area contributed by atoms with Gasteiger partial charge < -0.3 is 4.74 Å². The van der Waals surface area contributed by atoms with Gasteiger partial charge in [0.2, 0.25) is 11.8 Å². The fraction of sp³-hybridized carbons (Fsp3) is 0.0476. The number of aliphatic imine (C=N–C) groups is 1. The van der Waals surface area contributed by atoms with Gasteiger partial charge in [-0.1, -0.05) is 46.3 Å². The fourth-order valence-corrected chi connectivity index (χ4v) is 3.01. The number of carbonyl (C=O) groups excluding carboxylic acids is 2. The van der Waals surface area contributed by atoms with Crippen LogP contribution in [0.25, 0.3) is 17.3 Å². The number of carbonyl (C=O) groups is 2. The molecule has 0 amide bonds. The molecule has 6 nitrogen and oxygen atoms in total. The van der Waals surface area contributed by atoms with Gasteiger partial charge in [0.25, 0.3) is 0 Å². The molecule has 2 heterocycles. The van der Waals surface area contributed by atoms with Gasteiger partial charge in [0.05, 0.1) is 0 Å². The van der Waals surface area contributed by atoms with E-state index >= 15 is 0 Å². The van der Waals surface area contributed by atoms with Gasteiger partial charge in [-0.05, 0) is 30.3 Å². The summed E-state index contributed by atoms with van der Waals surface area (Å²) in [6, 6.07) is 16.7. The van der Waals surface area contributed by atoms with Crippen LogP contribution in [-0.4, -0.2) is 27.6 Å². The summed E-state index contributed by atoms with van der Waals surface area (Å²) in [7, 11) is 0. The number of esters is 1. The molecule has 0 atom stereocenters. The van der Waals surface area contributed by atoms with Crippen molar-refractivity contribution < 1.29 is 14.3 Å². The van der Waals surface area contributed by atoms with Crippen molar-refractivity contribution in [3.8, 4) is 11.3 Å². The van der Waals surface area contributed by atoms with Gasteiger partial charge in [-0.2, -0.15) is 5.10 Å². The van der Waals surface area contributed by atoms with Crippen molar-refractivity contribution >= 4 is 39.8 Å². The van der Waals surface area contributed by atoms with E-state index < -0.39 is 5.97 Å². The molecule has 0 saturated heterocycles. The van der Waals surface area contributed by atoms with E-state index in [1.54, 1.807) is 12.3 Å². The first kappa shape index (κ1) is 18.1. The number of hydrogen-bond acceptors (Lipinski definition) is 5. The molecule has 0 N–H and O–H groups in total. The minimum atomic E-state index is -0.549. The number of hydrogen-bond donors (Lipinski definition) is 0. The van der Waals surface area contributed by atoms with Crippen LogP contribution in [0.15, 0.2) is 76.0 Å². The lowest BCUT2D eigenvalue weighted by Gasteiger charge is -1.98. The van der Waals surface area contributed by atoms with Crippen molar-refractivity contribution in [3.63, 3.8) is 0 Å². The van der Waals surface area contributed by atoms with E-state index in [0.29, 0.717) is 16.8 Å². The highest BCUT2D eigenvalue weighted by molar-refractivity contribution is 9.10. The van der Waals surface area contributed by atoms with Gasteiger partial charge in [-0.25, -0.2) is 14.5 Å². The summed E-state index contributed by atoms with van der Waals surface area (Å²) < 4.78 is 7.47. The van der Waals surface area contributed by atoms with Gasteiger partial charge in [0.15, 0.2) is 5.70 Å². The summed E-state index contributed by atoms with van der Waals surface area (Å²) >= 11 is 3.37. The van der Waals surface area contributed by atoms with E-state index in [9.17, 15) is 9.59 Å². The number of ether oxygens (including phenoxy) is 1. The molecule has 3 aromatic rings. The second kappa shape index (κ2) is 7.36. The zero-order valence-electron chi connectivity index (χ0n) is 14.8. The Kier molecular flexibility index (Phi) is 4.75. The molecular weight excluding hydrogens is 422 g/mol. The summed E-state index contributed by atoms with van der Waals surface area (Å²) in [6.07, 6.45) is 3.17. The van der Waals surface area contributed by atoms with Crippen LogP contribution in [0, 0.1) is 0 Å². The van der Waals surface area contributed by atoms with E-state index in [1.807, 2.05) is 54.6 Å². The third-order valence-corrected chi connectivity index (χ3v) is 4.64. The molecule has 0 spiro atoms. The van der Waals surface area contributed by atoms with E-state index in [1.165, 1.54) is 11.6 Å². The van der Waals surface area contributed by atoms with Crippen LogP contribution in [0.5, 0.6) is 0 Å². The second-order valence-electron chi connectivity index (χ2n) is 6.11. The quantitative estimate of drug-likeness (QED) is 0.453. The standard InChI is InChI=1S/C21H14BrN3O3/c1-13(26)25-12-16(19(24-25)14-5-3-2-4-6-14)11-18-21(27)28-20(23-18)15-7-9-17(22)10-8-15/h2-12H,1H3/b18-11-. The number of cyclic esters (lactones) is 1. The summed E-state index contributed by atoms with van der Waals surface area (Å²) in [5.74, 6) is -0.536. The van der Waals surface area contributed by atoms with Gasteiger partial charge in [-0.3, -0.25) is 4.79 Å². The lowest BCUT2D eigenvalue weighted by molar-refractivity contribution is -0.129. The van der Waals surface area contributed by atoms with Gasteiger partial charge in [-0.15, -0.1) is 0 Å². The lowest BCUT2D eigenvalue weighted by atomic mass is 10.1. The monoisotopic (exact) mass is 435 g/mol. The second-order valence-corrected chi connectivity index (χ2v) is 7.02. The molecule has 7 heteroatoms. The number of nitrogens with zero attached hydrogens (tertiary/aromatic N) is 3. The molecule has 1 aliphatic rings. The van der Waals surface area contributed by atoms with Crippen LogP contribution in [0.2, 0.25) is 0 Å². The average molecular weight is 436 g/mol. The molecule has 1 aliphatic heterocycles. The highest BCUT2D eigenvalue weighted by Gasteiger charge is 2.25. The summed E-state index contributed by atoms with van der Waals surface area (Å²) in [5, 5.41) is 4.35. The molecule has 0 aliphatic carbocycles. The maximum atomic E-state index is 12.3. The van der Waals surface area contributed by atoms with Crippen LogP contribution >= 0.6 is 15.9 Å². The smallest absolute Gasteiger partial charge is 0.363 e. The highest BCUT2D eigenvalue weighted by atomic mass is 79.9. The van der Waals surface area contributed by atoms with E-state index in [2.05, 4.69) is 26.0 Å². The molecule has 0 unspecified atom stereocenters. The Balaban J connectivity index is 1.77. The molecule has 1 aromatic heterocycles. The van der Waals surface area contributed by atoms with Crippen molar-refractivity contribution in [2.24, 2.45) is 4.99 Å². The third kappa shape index (κ3) is 3.57. The Morgan fingerprint density at radius 1 is 1.07 bits per heavy atom. The molecule has 4 rings (SSSR count). The first-order valence-electron chi connectivity index (χ1n) is 8.46. The average Bonchev–Trinajstić information content (AvgIpc) is 3.28. The van der Waals surface area contributed by atoms with Gasteiger partial charge >= 0.3 is 5.97 Å². The first-order valence-corrected chi connectivity index (χ1v) is 9.25. The van der Waals surface area contributed by atoms with Crippen LogP contribution in [0.4, 0.5) is 0 Å². The Labute approximate surface area is 169 Å². The zero-order valence-corrected chi connectivity index (χ0v) is 16.4. The van der Waals surface area contributed by atoms with E-state index in [4.69, 9.17) is 4.74 Å². The molecule has 0 fully saturated rings. The molecule has 0 saturated carbocycles. The largest absolute Gasteiger partial charge is 0.402 e. The van der Waals surface area contributed by atoms with Crippen LogP contribution in [0.1, 0.15) is 22.8 Å². The summed E-state index contributed by atoms with van der Waals surface area (Å²) in [6.45, 7) is 1.42. The Morgan fingerprint density at radius 2 is 1.79 bits per heavy atom. The summed E-state index contributed by atoms with van der Waals surface area (Å²) in [5.41, 5.74) is 2.87. The van der Waals surface area contributed by atoms with E-state index in [0.717, 1.165) is 10.0 Å². The Hall–Kier alpha value is -3.32. The Morgan fingerprint density at radius 3 is 2.46 bits per heavy atom. The third-order valence-electron chi connectivity index (χ3n) is 4.12. The lowest BCUT2D eigenvalue weighted by Crippen LogP contribution is -2.05. The zero-order chi connectivity index (χ0) is 19.7. The number of rotatable bonds is 3. The molecule has 0 bridgehead atoms. The molecule has 2 aromatic carbocycles. The Bertz CT molecular complexity index is 1130. The maximum Gasteiger partial charge on any atom is 0.363 e. The van der Waals surface area contributed by atoms with Gasteiger partial charge in [0, 0.05) is 34.3 Å². The van der Waals surface area contributed by atoms with Crippen LogP contribution < -0.4 is 0 Å². The normalized spacial score (nSPS) is 14.9. The maximum absolute atomic E-state index is 12.3. The van der Waals surface area contributed by atoms with Gasteiger partial charge in [0.1, 0.15) is 5.69 Å². The number of halogens is 1. The van der Waals surface area contributed by atoms with E-state index in [-0.39, 0.29) is 17.5 Å². The van der Waals surface area contributed by atoms with Crippen molar-refractivity contribution in [2.45, 2.75) is 6.92 Å². The fourth-order valence-electron chi connectivity index (χ4n) is 2.75. The summed E-state index contributed by atoms with van der Waals surface area (Å²) in [4.78, 5) is 28.4. The minimum absolute atomic E-state index is 0.151.